The normalized spacial score (nSPS) is 17.0. The Bertz CT molecular complexity index is 375. The van der Waals surface area contributed by atoms with E-state index in [1.165, 1.54) is 6.26 Å². The predicted octanol–water partition coefficient (Wildman–Crippen LogP) is 0.568. The van der Waals surface area contributed by atoms with Crippen LogP contribution >= 0.6 is 11.6 Å². The van der Waals surface area contributed by atoms with E-state index < -0.39 is 0 Å². The first-order chi connectivity index (χ1) is 8.27. The van der Waals surface area contributed by atoms with Gasteiger partial charge in [0.2, 0.25) is 5.22 Å². The Morgan fingerprint density at radius 3 is 2.94 bits per heavy atom. The minimum absolute atomic E-state index is 0.143. The van der Waals surface area contributed by atoms with Crippen molar-refractivity contribution in [2.75, 3.05) is 39.3 Å². The molecule has 1 aromatic heterocycles. The molecule has 0 spiro atoms. The zero-order valence-corrected chi connectivity index (χ0v) is 10.3. The van der Waals surface area contributed by atoms with Crippen molar-refractivity contribution < 1.29 is 9.21 Å². The monoisotopic (exact) mass is 257 g/mol. The molecule has 0 radical (unpaired) electrons. The maximum Gasteiger partial charge on any atom is 0.256 e. The summed E-state index contributed by atoms with van der Waals surface area (Å²) in [5.41, 5.74) is 0.395. The van der Waals surface area contributed by atoms with E-state index in [1.807, 2.05) is 0 Å². The number of amides is 1. The highest BCUT2D eigenvalue weighted by molar-refractivity contribution is 6.32. The van der Waals surface area contributed by atoms with Gasteiger partial charge in [-0.2, -0.15) is 0 Å². The second-order valence-corrected chi connectivity index (χ2v) is 4.30. The van der Waals surface area contributed by atoms with Crippen molar-refractivity contribution in [3.8, 4) is 0 Å². The second kappa shape index (κ2) is 6.05. The first-order valence-electron chi connectivity index (χ1n) is 5.71. The van der Waals surface area contributed by atoms with Crippen molar-refractivity contribution in [2.45, 2.75) is 0 Å². The lowest BCUT2D eigenvalue weighted by Gasteiger charge is -2.27. The third-order valence-corrected chi connectivity index (χ3v) is 3.08. The molecule has 1 amide bonds. The maximum atomic E-state index is 11.7. The SMILES string of the molecule is O=C(NCCN1CCNCC1)c1ccoc1Cl. The summed E-state index contributed by atoms with van der Waals surface area (Å²) in [6.45, 7) is 5.58. The van der Waals surface area contributed by atoms with E-state index in [2.05, 4.69) is 15.5 Å². The van der Waals surface area contributed by atoms with Crippen molar-refractivity contribution >= 4 is 17.5 Å². The fourth-order valence-corrected chi connectivity index (χ4v) is 2.01. The molecule has 2 rings (SSSR count). The highest BCUT2D eigenvalue weighted by Gasteiger charge is 2.13. The van der Waals surface area contributed by atoms with E-state index in [4.69, 9.17) is 16.0 Å². The summed E-state index contributed by atoms with van der Waals surface area (Å²) < 4.78 is 4.87. The van der Waals surface area contributed by atoms with Crippen LogP contribution in [0.2, 0.25) is 5.22 Å². The van der Waals surface area contributed by atoms with Gasteiger partial charge in [0, 0.05) is 39.3 Å². The van der Waals surface area contributed by atoms with Crippen LogP contribution in [-0.2, 0) is 0 Å². The van der Waals surface area contributed by atoms with Crippen LogP contribution in [-0.4, -0.2) is 50.1 Å². The fraction of sp³-hybridized carbons (Fsp3) is 0.545. The van der Waals surface area contributed by atoms with Gasteiger partial charge in [0.05, 0.1) is 11.8 Å². The van der Waals surface area contributed by atoms with Gasteiger partial charge in [0.1, 0.15) is 0 Å². The third-order valence-electron chi connectivity index (χ3n) is 2.79. The van der Waals surface area contributed by atoms with Gasteiger partial charge in [-0.3, -0.25) is 9.69 Å². The molecule has 0 saturated carbocycles. The molecular weight excluding hydrogens is 242 g/mol. The van der Waals surface area contributed by atoms with E-state index >= 15 is 0 Å². The number of hydrogen-bond donors (Lipinski definition) is 2. The smallest absolute Gasteiger partial charge is 0.256 e. The van der Waals surface area contributed by atoms with E-state index in [1.54, 1.807) is 6.07 Å². The number of rotatable bonds is 4. The Labute approximate surface area is 105 Å². The summed E-state index contributed by atoms with van der Waals surface area (Å²) in [6.07, 6.45) is 1.41. The second-order valence-electron chi connectivity index (χ2n) is 3.96. The summed E-state index contributed by atoms with van der Waals surface area (Å²) in [7, 11) is 0. The number of nitrogens with one attached hydrogen (secondary N) is 2. The zero-order valence-electron chi connectivity index (χ0n) is 9.54. The molecule has 1 aliphatic rings. The van der Waals surface area contributed by atoms with E-state index in [0.29, 0.717) is 12.1 Å². The molecule has 0 bridgehead atoms. The summed E-state index contributed by atoms with van der Waals surface area (Å²) in [6, 6.07) is 1.57. The highest BCUT2D eigenvalue weighted by atomic mass is 35.5. The van der Waals surface area contributed by atoms with Crippen LogP contribution in [0.1, 0.15) is 10.4 Å². The topological polar surface area (TPSA) is 57.5 Å². The van der Waals surface area contributed by atoms with Crippen molar-refractivity contribution in [3.05, 3.63) is 23.1 Å². The fourth-order valence-electron chi connectivity index (χ4n) is 1.81. The lowest BCUT2D eigenvalue weighted by Crippen LogP contribution is -2.46. The van der Waals surface area contributed by atoms with Gasteiger partial charge in [0.15, 0.2) is 0 Å². The maximum absolute atomic E-state index is 11.7. The van der Waals surface area contributed by atoms with E-state index in [9.17, 15) is 4.79 Å². The molecule has 1 fully saturated rings. The molecule has 1 aliphatic heterocycles. The summed E-state index contributed by atoms with van der Waals surface area (Å²) >= 11 is 5.72. The largest absolute Gasteiger partial charge is 0.452 e. The molecule has 2 heterocycles. The molecular formula is C11H16ClN3O2. The molecule has 5 nitrogen and oxygen atoms in total. The van der Waals surface area contributed by atoms with Gasteiger partial charge in [-0.05, 0) is 17.7 Å². The number of furan rings is 1. The van der Waals surface area contributed by atoms with Gasteiger partial charge in [0.25, 0.3) is 5.91 Å². The molecule has 0 aromatic carbocycles. The van der Waals surface area contributed by atoms with Crippen LogP contribution in [0, 0.1) is 0 Å². The van der Waals surface area contributed by atoms with Crippen LogP contribution in [0.4, 0.5) is 0 Å². The van der Waals surface area contributed by atoms with Crippen LogP contribution in [0.25, 0.3) is 0 Å². The summed E-state index contributed by atoms with van der Waals surface area (Å²) in [5, 5.41) is 6.26. The van der Waals surface area contributed by atoms with Gasteiger partial charge in [-0.15, -0.1) is 0 Å². The lowest BCUT2D eigenvalue weighted by atomic mass is 10.3. The highest BCUT2D eigenvalue weighted by Crippen LogP contribution is 2.15. The number of carbonyl (C=O) groups is 1. The molecule has 0 unspecified atom stereocenters. The number of hydrogen-bond acceptors (Lipinski definition) is 4. The zero-order chi connectivity index (χ0) is 12.1. The van der Waals surface area contributed by atoms with E-state index in [-0.39, 0.29) is 11.1 Å². The third kappa shape index (κ3) is 3.46. The predicted molar refractivity (Wildman–Crippen MR) is 65.4 cm³/mol. The van der Waals surface area contributed by atoms with Gasteiger partial charge in [-0.1, -0.05) is 0 Å². The van der Waals surface area contributed by atoms with Gasteiger partial charge < -0.3 is 15.1 Å². The molecule has 94 valence electrons. The molecule has 17 heavy (non-hydrogen) atoms. The number of carbonyl (C=O) groups excluding carboxylic acids is 1. The van der Waals surface area contributed by atoms with Crippen LogP contribution in [0.3, 0.4) is 0 Å². The van der Waals surface area contributed by atoms with Crippen LogP contribution < -0.4 is 10.6 Å². The van der Waals surface area contributed by atoms with Crippen LogP contribution in [0.15, 0.2) is 16.7 Å². The Hall–Kier alpha value is -1.04. The molecule has 2 N–H and O–H groups in total. The summed E-state index contributed by atoms with van der Waals surface area (Å²) in [5.74, 6) is -0.182. The Morgan fingerprint density at radius 1 is 1.53 bits per heavy atom. The minimum Gasteiger partial charge on any atom is -0.452 e. The first-order valence-corrected chi connectivity index (χ1v) is 6.09. The Balaban J connectivity index is 1.71. The average molecular weight is 258 g/mol. The first kappa shape index (κ1) is 12.4. The number of halogens is 1. The Kier molecular flexibility index (Phi) is 4.42. The van der Waals surface area contributed by atoms with Crippen molar-refractivity contribution in [2.24, 2.45) is 0 Å². The average Bonchev–Trinajstić information content (AvgIpc) is 2.77. The molecule has 6 heteroatoms. The van der Waals surface area contributed by atoms with Crippen molar-refractivity contribution in [1.82, 2.24) is 15.5 Å². The van der Waals surface area contributed by atoms with Gasteiger partial charge in [-0.25, -0.2) is 0 Å². The van der Waals surface area contributed by atoms with Gasteiger partial charge >= 0.3 is 0 Å². The molecule has 0 aliphatic carbocycles. The standard InChI is InChI=1S/C11H16ClN3O2/c12-10-9(1-8-17-10)11(16)14-4-7-15-5-2-13-3-6-15/h1,8,13H,2-7H2,(H,14,16). The number of nitrogens with zero attached hydrogens (tertiary/aromatic N) is 1. The minimum atomic E-state index is -0.182. The molecule has 1 saturated heterocycles. The van der Waals surface area contributed by atoms with Crippen molar-refractivity contribution in [3.63, 3.8) is 0 Å². The lowest BCUT2D eigenvalue weighted by molar-refractivity contribution is 0.0947. The summed E-state index contributed by atoms with van der Waals surface area (Å²) in [4.78, 5) is 14.0. The molecule has 1 aromatic rings. The van der Waals surface area contributed by atoms with Crippen molar-refractivity contribution in [1.29, 1.82) is 0 Å². The number of piperazine rings is 1. The quantitative estimate of drug-likeness (QED) is 0.828. The Morgan fingerprint density at radius 2 is 2.29 bits per heavy atom. The molecule has 0 atom stereocenters. The van der Waals surface area contributed by atoms with Crippen LogP contribution in [0.5, 0.6) is 0 Å². The van der Waals surface area contributed by atoms with E-state index in [0.717, 1.165) is 32.7 Å².